The molecule has 0 fully saturated rings. The second kappa shape index (κ2) is 9.11. The Bertz CT molecular complexity index is 1350. The molecule has 2 aromatic carbocycles. The van der Waals surface area contributed by atoms with Crippen molar-refractivity contribution in [3.8, 4) is 0 Å². The van der Waals surface area contributed by atoms with Gasteiger partial charge in [0.2, 0.25) is 5.91 Å². The molecule has 1 N–H and O–H groups in total. The summed E-state index contributed by atoms with van der Waals surface area (Å²) in [6, 6.07) is 20.3. The standard InChI is InChI=1S/C27H26N4O3/c1-30-17-21(18-9-5-6-12-22(18)30)25-24(26(32)29-23-13-7-8-14-28-23)19-10-3-4-11-20(19)27(33)31(25)15-16-34-2/h3-14,17,24-25H,15-16H2,1-2H3,(H,28,29,32). The van der Waals surface area contributed by atoms with Gasteiger partial charge in [-0.1, -0.05) is 42.5 Å². The van der Waals surface area contributed by atoms with Crippen LogP contribution in [0.15, 0.2) is 79.1 Å². The molecule has 0 bridgehead atoms. The number of aryl methyl sites for hydroxylation is 1. The fraction of sp³-hybridized carbons (Fsp3) is 0.222. The van der Waals surface area contributed by atoms with Crippen molar-refractivity contribution in [3.63, 3.8) is 0 Å². The van der Waals surface area contributed by atoms with Gasteiger partial charge in [0.05, 0.1) is 18.6 Å². The van der Waals surface area contributed by atoms with Crippen LogP contribution in [0.2, 0.25) is 0 Å². The predicted molar refractivity (Wildman–Crippen MR) is 131 cm³/mol. The Hall–Kier alpha value is -3.97. The fourth-order valence-electron chi connectivity index (χ4n) is 4.91. The van der Waals surface area contributed by atoms with E-state index in [1.165, 1.54) is 0 Å². The van der Waals surface area contributed by atoms with Crippen molar-refractivity contribution in [1.82, 2.24) is 14.5 Å². The number of hydrogen-bond acceptors (Lipinski definition) is 4. The number of fused-ring (bicyclic) bond motifs is 2. The molecule has 0 aliphatic carbocycles. The number of pyridine rings is 1. The number of anilines is 1. The molecule has 2 aromatic heterocycles. The first-order valence-corrected chi connectivity index (χ1v) is 11.2. The molecule has 0 saturated carbocycles. The normalized spacial score (nSPS) is 17.6. The molecule has 5 rings (SSSR count). The highest BCUT2D eigenvalue weighted by atomic mass is 16.5. The van der Waals surface area contributed by atoms with Gasteiger partial charge in [-0.15, -0.1) is 0 Å². The Morgan fingerprint density at radius 3 is 2.59 bits per heavy atom. The van der Waals surface area contributed by atoms with Crippen LogP contribution >= 0.6 is 0 Å². The van der Waals surface area contributed by atoms with E-state index in [4.69, 9.17) is 4.74 Å². The molecule has 34 heavy (non-hydrogen) atoms. The Kier molecular flexibility index (Phi) is 5.86. The minimum atomic E-state index is -0.626. The van der Waals surface area contributed by atoms with Crippen LogP contribution in [-0.2, 0) is 16.6 Å². The molecular weight excluding hydrogens is 428 g/mol. The number of hydrogen-bond donors (Lipinski definition) is 1. The molecule has 1 aliphatic heterocycles. The van der Waals surface area contributed by atoms with Gasteiger partial charge in [-0.3, -0.25) is 9.59 Å². The quantitative estimate of drug-likeness (QED) is 0.475. The molecule has 7 heteroatoms. The number of carbonyl (C=O) groups is 2. The zero-order valence-electron chi connectivity index (χ0n) is 19.1. The van der Waals surface area contributed by atoms with Gasteiger partial charge in [-0.05, 0) is 29.8 Å². The minimum absolute atomic E-state index is 0.104. The van der Waals surface area contributed by atoms with Crippen molar-refractivity contribution in [2.24, 2.45) is 7.05 Å². The van der Waals surface area contributed by atoms with E-state index in [9.17, 15) is 9.59 Å². The summed E-state index contributed by atoms with van der Waals surface area (Å²) < 4.78 is 7.38. The number of nitrogens with zero attached hydrogens (tertiary/aromatic N) is 3. The van der Waals surface area contributed by atoms with Gasteiger partial charge in [-0.25, -0.2) is 4.98 Å². The second-order valence-electron chi connectivity index (χ2n) is 8.42. The number of nitrogens with one attached hydrogen (secondary N) is 1. The first-order valence-electron chi connectivity index (χ1n) is 11.2. The van der Waals surface area contributed by atoms with Crippen LogP contribution in [0.3, 0.4) is 0 Å². The molecule has 0 saturated heterocycles. The highest BCUT2D eigenvalue weighted by Gasteiger charge is 2.45. The smallest absolute Gasteiger partial charge is 0.254 e. The van der Waals surface area contributed by atoms with E-state index in [2.05, 4.69) is 10.3 Å². The van der Waals surface area contributed by atoms with Gasteiger partial charge in [0.1, 0.15) is 5.82 Å². The molecule has 4 aromatic rings. The van der Waals surface area contributed by atoms with Crippen LogP contribution in [0.4, 0.5) is 5.82 Å². The van der Waals surface area contributed by atoms with Crippen molar-refractivity contribution in [2.75, 3.05) is 25.6 Å². The summed E-state index contributed by atoms with van der Waals surface area (Å²) in [6.45, 7) is 0.731. The number of amides is 2. The van der Waals surface area contributed by atoms with Crippen LogP contribution < -0.4 is 5.32 Å². The third-order valence-corrected chi connectivity index (χ3v) is 6.42. The lowest BCUT2D eigenvalue weighted by Gasteiger charge is -2.41. The molecule has 2 unspecified atom stereocenters. The summed E-state index contributed by atoms with van der Waals surface area (Å²) in [6.07, 6.45) is 3.67. The second-order valence-corrected chi connectivity index (χ2v) is 8.42. The summed E-state index contributed by atoms with van der Waals surface area (Å²) in [5.41, 5.74) is 3.22. The van der Waals surface area contributed by atoms with Crippen molar-refractivity contribution in [1.29, 1.82) is 0 Å². The van der Waals surface area contributed by atoms with Crippen molar-refractivity contribution < 1.29 is 14.3 Å². The van der Waals surface area contributed by atoms with Gasteiger partial charge in [0.15, 0.2) is 0 Å². The molecule has 1 aliphatic rings. The highest BCUT2D eigenvalue weighted by molar-refractivity contribution is 6.05. The molecule has 172 valence electrons. The van der Waals surface area contributed by atoms with Crippen LogP contribution in [0, 0.1) is 0 Å². The Labute approximate surface area is 198 Å². The number of ether oxygens (including phenoxy) is 1. The van der Waals surface area contributed by atoms with Gasteiger partial charge in [-0.2, -0.15) is 0 Å². The largest absolute Gasteiger partial charge is 0.383 e. The van der Waals surface area contributed by atoms with Crippen LogP contribution in [0.25, 0.3) is 10.9 Å². The number of rotatable bonds is 6. The van der Waals surface area contributed by atoms with Crippen LogP contribution in [0.1, 0.15) is 33.4 Å². The molecular formula is C27H26N4O3. The minimum Gasteiger partial charge on any atom is -0.383 e. The number of aromatic nitrogens is 2. The lowest BCUT2D eigenvalue weighted by molar-refractivity contribution is -0.119. The number of methoxy groups -OCH3 is 1. The fourth-order valence-corrected chi connectivity index (χ4v) is 4.91. The Morgan fingerprint density at radius 1 is 1.03 bits per heavy atom. The highest BCUT2D eigenvalue weighted by Crippen LogP contribution is 2.45. The number of carbonyl (C=O) groups excluding carboxylic acids is 2. The average Bonchev–Trinajstić information content (AvgIpc) is 3.20. The van der Waals surface area contributed by atoms with Gasteiger partial charge in [0.25, 0.3) is 5.91 Å². The monoisotopic (exact) mass is 454 g/mol. The topological polar surface area (TPSA) is 76.5 Å². The van der Waals surface area contributed by atoms with Crippen LogP contribution in [0.5, 0.6) is 0 Å². The van der Waals surface area contributed by atoms with Gasteiger partial charge >= 0.3 is 0 Å². The van der Waals surface area contributed by atoms with Gasteiger partial charge in [0, 0.05) is 55.1 Å². The molecule has 2 amide bonds. The summed E-state index contributed by atoms with van der Waals surface area (Å²) in [5.74, 6) is -0.466. The number of benzene rings is 2. The SMILES string of the molecule is COCCN1C(=O)c2ccccc2C(C(=O)Nc2ccccn2)C1c1cn(C)c2ccccc12. The number of para-hydroxylation sites is 1. The zero-order chi connectivity index (χ0) is 23.7. The average molecular weight is 455 g/mol. The molecule has 0 radical (unpaired) electrons. The molecule has 2 atom stereocenters. The van der Waals surface area contributed by atoms with Crippen molar-refractivity contribution >= 4 is 28.5 Å². The van der Waals surface area contributed by atoms with E-state index in [0.29, 0.717) is 30.1 Å². The van der Waals surface area contributed by atoms with E-state index in [1.807, 2.05) is 66.3 Å². The summed E-state index contributed by atoms with van der Waals surface area (Å²) in [7, 11) is 3.59. The maximum atomic E-state index is 13.9. The predicted octanol–water partition coefficient (Wildman–Crippen LogP) is 4.14. The van der Waals surface area contributed by atoms with E-state index in [-0.39, 0.29) is 11.8 Å². The molecule has 0 spiro atoms. The van der Waals surface area contributed by atoms with E-state index in [0.717, 1.165) is 16.5 Å². The summed E-state index contributed by atoms with van der Waals surface area (Å²) >= 11 is 0. The Balaban J connectivity index is 1.70. The first-order chi connectivity index (χ1) is 16.6. The van der Waals surface area contributed by atoms with Crippen LogP contribution in [-0.4, -0.2) is 46.5 Å². The maximum absolute atomic E-state index is 13.9. The zero-order valence-corrected chi connectivity index (χ0v) is 19.1. The lowest BCUT2D eigenvalue weighted by Crippen LogP contribution is -2.47. The van der Waals surface area contributed by atoms with Crippen molar-refractivity contribution in [3.05, 3.63) is 95.8 Å². The lowest BCUT2D eigenvalue weighted by atomic mass is 9.79. The van der Waals surface area contributed by atoms with Crippen molar-refractivity contribution in [2.45, 2.75) is 12.0 Å². The molecule has 3 heterocycles. The van der Waals surface area contributed by atoms with E-state index < -0.39 is 12.0 Å². The van der Waals surface area contributed by atoms with E-state index in [1.54, 1.807) is 36.4 Å². The Morgan fingerprint density at radius 2 is 1.79 bits per heavy atom. The van der Waals surface area contributed by atoms with E-state index >= 15 is 0 Å². The maximum Gasteiger partial charge on any atom is 0.254 e. The third-order valence-electron chi connectivity index (χ3n) is 6.42. The third kappa shape index (κ3) is 3.74. The first kappa shape index (κ1) is 21.9. The molecule has 7 nitrogen and oxygen atoms in total. The van der Waals surface area contributed by atoms with Gasteiger partial charge < -0.3 is 19.5 Å². The summed E-state index contributed by atoms with van der Waals surface area (Å²) in [5, 5.41) is 3.99. The summed E-state index contributed by atoms with van der Waals surface area (Å²) in [4.78, 5) is 33.6.